The monoisotopic (exact) mass is 413 g/mol. The topological polar surface area (TPSA) is 90.0 Å². The number of aryl methyl sites for hydroxylation is 1. The van der Waals surface area contributed by atoms with Crippen LogP contribution >= 0.6 is 23.2 Å². The van der Waals surface area contributed by atoms with Gasteiger partial charge in [-0.05, 0) is 30.7 Å². The molecule has 1 N–H and O–H groups in total. The Hall–Kier alpha value is -2.97. The fourth-order valence-corrected chi connectivity index (χ4v) is 4.04. The lowest BCUT2D eigenvalue weighted by atomic mass is 9.86. The van der Waals surface area contributed by atoms with E-state index in [4.69, 9.17) is 23.2 Å². The number of benzene rings is 1. The number of carbonyl (C=O) groups excluding carboxylic acids is 1. The van der Waals surface area contributed by atoms with Gasteiger partial charge in [-0.25, -0.2) is 0 Å². The number of anilines is 1. The molecular formula is C18H13Cl2N7O. The number of amides is 1. The molecule has 140 valence electrons. The van der Waals surface area contributed by atoms with Crippen molar-refractivity contribution < 1.29 is 4.79 Å². The van der Waals surface area contributed by atoms with E-state index in [1.165, 1.54) is 6.33 Å². The van der Waals surface area contributed by atoms with Crippen LogP contribution < -0.4 is 5.32 Å². The molecule has 8 nitrogen and oxygen atoms in total. The summed E-state index contributed by atoms with van der Waals surface area (Å²) in [6.45, 7) is 1.90. The Kier molecular flexibility index (Phi) is 3.85. The summed E-state index contributed by atoms with van der Waals surface area (Å²) in [7, 11) is 0. The molecule has 1 aromatic carbocycles. The highest BCUT2D eigenvalue weighted by molar-refractivity contribution is 6.42. The minimum atomic E-state index is -0.248. The van der Waals surface area contributed by atoms with Crippen molar-refractivity contribution in [2.75, 3.05) is 5.32 Å². The number of fused-ring (bicyclic) bond motifs is 2. The molecule has 4 heterocycles. The van der Waals surface area contributed by atoms with E-state index >= 15 is 0 Å². The average Bonchev–Trinajstić information content (AvgIpc) is 3.27. The molecule has 0 unspecified atom stereocenters. The lowest BCUT2D eigenvalue weighted by Gasteiger charge is -2.25. The van der Waals surface area contributed by atoms with Crippen LogP contribution in [0.1, 0.15) is 29.2 Å². The summed E-state index contributed by atoms with van der Waals surface area (Å²) in [5, 5.41) is 20.7. The molecule has 1 aliphatic heterocycles. The van der Waals surface area contributed by atoms with E-state index in [9.17, 15) is 4.79 Å². The molecule has 5 rings (SSSR count). The van der Waals surface area contributed by atoms with Crippen LogP contribution in [0.2, 0.25) is 10.0 Å². The molecule has 10 heteroatoms. The number of halogens is 2. The molecule has 0 bridgehead atoms. The molecule has 1 aliphatic rings. The third-order valence-electron chi connectivity index (χ3n) is 4.82. The first-order chi connectivity index (χ1) is 13.5. The van der Waals surface area contributed by atoms with Gasteiger partial charge >= 0.3 is 0 Å². The minimum absolute atomic E-state index is 0.125. The Morgan fingerprint density at radius 2 is 2.04 bits per heavy atom. The number of nitrogens with zero attached hydrogens (tertiary/aromatic N) is 6. The highest BCUT2D eigenvalue weighted by atomic mass is 35.5. The lowest BCUT2D eigenvalue weighted by Crippen LogP contribution is -2.25. The maximum absolute atomic E-state index is 12.5. The Labute approximate surface area is 169 Å². The van der Waals surface area contributed by atoms with E-state index in [1.807, 2.05) is 19.1 Å². The van der Waals surface area contributed by atoms with Gasteiger partial charge in [0.2, 0.25) is 5.91 Å². The fraction of sp³-hybridized carbons (Fsp3) is 0.167. The smallest absolute Gasteiger partial charge is 0.226 e. The molecule has 28 heavy (non-hydrogen) atoms. The fourth-order valence-electron chi connectivity index (χ4n) is 3.60. The van der Waals surface area contributed by atoms with E-state index in [0.29, 0.717) is 27.3 Å². The van der Waals surface area contributed by atoms with E-state index in [1.54, 1.807) is 27.4 Å². The van der Waals surface area contributed by atoms with Crippen molar-refractivity contribution in [2.24, 2.45) is 0 Å². The quantitative estimate of drug-likeness (QED) is 0.543. The van der Waals surface area contributed by atoms with Gasteiger partial charge in [0.25, 0.3) is 0 Å². The minimum Gasteiger partial charge on any atom is -0.310 e. The zero-order valence-corrected chi connectivity index (χ0v) is 16.1. The molecular weight excluding hydrogens is 401 g/mol. The van der Waals surface area contributed by atoms with Crippen molar-refractivity contribution in [3.8, 4) is 5.82 Å². The highest BCUT2D eigenvalue weighted by Crippen LogP contribution is 2.43. The normalized spacial score (nSPS) is 16.2. The van der Waals surface area contributed by atoms with E-state index in [2.05, 4.69) is 25.7 Å². The van der Waals surface area contributed by atoms with Crippen molar-refractivity contribution in [1.29, 1.82) is 0 Å². The van der Waals surface area contributed by atoms with Gasteiger partial charge in [0, 0.05) is 17.9 Å². The van der Waals surface area contributed by atoms with Crippen LogP contribution in [0, 0.1) is 6.92 Å². The first-order valence-electron chi connectivity index (χ1n) is 8.53. The summed E-state index contributed by atoms with van der Waals surface area (Å²) in [4.78, 5) is 12.5. The van der Waals surface area contributed by atoms with Gasteiger partial charge in [0.05, 0.1) is 15.7 Å². The van der Waals surface area contributed by atoms with Crippen LogP contribution in [0.3, 0.4) is 0 Å². The lowest BCUT2D eigenvalue weighted by molar-refractivity contribution is -0.116. The number of hydrogen-bond acceptors (Lipinski definition) is 5. The van der Waals surface area contributed by atoms with E-state index < -0.39 is 0 Å². The molecule has 0 saturated heterocycles. The number of nitrogens with one attached hydrogen (secondary N) is 1. The molecule has 0 aliphatic carbocycles. The second-order valence-electron chi connectivity index (χ2n) is 6.53. The Morgan fingerprint density at radius 1 is 1.18 bits per heavy atom. The van der Waals surface area contributed by atoms with Crippen LogP contribution in [-0.2, 0) is 4.79 Å². The number of aromatic nitrogens is 6. The Morgan fingerprint density at radius 3 is 2.89 bits per heavy atom. The van der Waals surface area contributed by atoms with E-state index in [0.717, 1.165) is 16.8 Å². The summed E-state index contributed by atoms with van der Waals surface area (Å²) in [5.74, 6) is 0.743. The van der Waals surface area contributed by atoms with Crippen molar-refractivity contribution in [3.05, 3.63) is 63.5 Å². The number of rotatable bonds is 2. The molecule has 0 fully saturated rings. The van der Waals surface area contributed by atoms with Gasteiger partial charge in [-0.1, -0.05) is 35.3 Å². The molecule has 0 saturated carbocycles. The zero-order chi connectivity index (χ0) is 19.4. The maximum Gasteiger partial charge on any atom is 0.226 e. The molecule has 1 amide bonds. The molecule has 3 aromatic heterocycles. The highest BCUT2D eigenvalue weighted by Gasteiger charge is 2.34. The first kappa shape index (κ1) is 17.2. The second-order valence-corrected chi connectivity index (χ2v) is 7.32. The summed E-state index contributed by atoms with van der Waals surface area (Å²) < 4.78 is 3.17. The average molecular weight is 414 g/mol. The standard InChI is InChI=1S/C18H13Cl2N7O/c1-9-16-11(10-3-2-4-12(19)17(10)20)7-15(28)22-18(16)27(24-9)14-6-5-13-23-21-8-26(13)25-14/h2-6,8,11H,7H2,1H3,(H,22,28)/t11-/m0/s1. The maximum atomic E-state index is 12.5. The summed E-state index contributed by atoms with van der Waals surface area (Å²) in [5.41, 5.74) is 3.10. The molecule has 0 radical (unpaired) electrons. The number of hydrogen-bond donors (Lipinski definition) is 1. The van der Waals surface area contributed by atoms with Gasteiger partial charge in [0.15, 0.2) is 11.5 Å². The van der Waals surface area contributed by atoms with Crippen molar-refractivity contribution >= 4 is 40.6 Å². The third kappa shape index (κ3) is 2.56. The van der Waals surface area contributed by atoms with Crippen molar-refractivity contribution in [3.63, 3.8) is 0 Å². The Balaban J connectivity index is 1.70. The largest absolute Gasteiger partial charge is 0.310 e. The molecule has 4 aromatic rings. The zero-order valence-electron chi connectivity index (χ0n) is 14.6. The summed E-state index contributed by atoms with van der Waals surface area (Å²) >= 11 is 12.7. The van der Waals surface area contributed by atoms with Crippen LogP contribution in [0.5, 0.6) is 0 Å². The molecule has 0 spiro atoms. The van der Waals surface area contributed by atoms with Crippen molar-refractivity contribution in [2.45, 2.75) is 19.3 Å². The van der Waals surface area contributed by atoms with E-state index in [-0.39, 0.29) is 18.2 Å². The SMILES string of the molecule is Cc1nn(-c2ccc3nncn3n2)c2c1[C@H](c1cccc(Cl)c1Cl)CC(=O)N2. The summed E-state index contributed by atoms with van der Waals surface area (Å²) in [6.07, 6.45) is 1.77. The first-order valence-corrected chi connectivity index (χ1v) is 9.29. The molecule has 1 atom stereocenters. The van der Waals surface area contributed by atoms with Gasteiger partial charge in [-0.3, -0.25) is 4.79 Å². The van der Waals surface area contributed by atoms with Crippen LogP contribution in [0.25, 0.3) is 11.5 Å². The Bertz CT molecular complexity index is 1250. The van der Waals surface area contributed by atoms with Gasteiger partial charge in [-0.15, -0.1) is 15.3 Å². The van der Waals surface area contributed by atoms with Gasteiger partial charge in [-0.2, -0.15) is 14.3 Å². The number of carbonyl (C=O) groups is 1. The van der Waals surface area contributed by atoms with Crippen LogP contribution in [0.4, 0.5) is 5.82 Å². The van der Waals surface area contributed by atoms with Gasteiger partial charge < -0.3 is 5.32 Å². The van der Waals surface area contributed by atoms with Crippen molar-refractivity contribution in [1.82, 2.24) is 29.6 Å². The van der Waals surface area contributed by atoms with Crippen LogP contribution in [0.15, 0.2) is 36.7 Å². The summed E-state index contributed by atoms with van der Waals surface area (Å²) in [6, 6.07) is 9.01. The second kappa shape index (κ2) is 6.29. The van der Waals surface area contributed by atoms with Gasteiger partial charge in [0.1, 0.15) is 12.1 Å². The predicted octanol–water partition coefficient (Wildman–Crippen LogP) is 3.40. The van der Waals surface area contributed by atoms with Crippen LogP contribution in [-0.4, -0.2) is 35.5 Å². The predicted molar refractivity (Wildman–Crippen MR) is 104 cm³/mol. The third-order valence-corrected chi connectivity index (χ3v) is 5.66.